The molecule has 1 fully saturated rings. The van der Waals surface area contributed by atoms with Gasteiger partial charge in [-0.1, -0.05) is 44.2 Å². The summed E-state index contributed by atoms with van der Waals surface area (Å²) in [6, 6.07) is 10.6. The normalized spacial score (nSPS) is 22.7. The van der Waals surface area contributed by atoms with Crippen LogP contribution in [0.3, 0.4) is 0 Å². The molecule has 1 aromatic heterocycles. The number of ether oxygens (including phenoxy) is 1. The average Bonchev–Trinajstić information content (AvgIpc) is 2.85. The molecule has 4 heteroatoms. The SMILES string of the molecule is Cc1nc(CN2C[C@@H](c3ccccc3)O[C@@H](C(C)C)C2)cn1C. The summed E-state index contributed by atoms with van der Waals surface area (Å²) in [5.41, 5.74) is 2.40. The molecule has 0 saturated carbocycles. The van der Waals surface area contributed by atoms with Crippen LogP contribution in [0.1, 0.15) is 37.0 Å². The Hall–Kier alpha value is -1.65. The maximum atomic E-state index is 6.36. The van der Waals surface area contributed by atoms with Crippen molar-refractivity contribution in [1.29, 1.82) is 0 Å². The lowest BCUT2D eigenvalue weighted by Crippen LogP contribution is -2.45. The molecule has 124 valence electrons. The second-order valence-electron chi connectivity index (χ2n) is 6.90. The first kappa shape index (κ1) is 16.2. The van der Waals surface area contributed by atoms with E-state index in [0.29, 0.717) is 5.92 Å². The monoisotopic (exact) mass is 313 g/mol. The molecule has 4 nitrogen and oxygen atoms in total. The number of nitrogens with zero attached hydrogens (tertiary/aromatic N) is 3. The third-order valence-electron chi connectivity index (χ3n) is 4.66. The number of aryl methyl sites for hydroxylation is 2. The van der Waals surface area contributed by atoms with Crippen molar-refractivity contribution in [3.05, 3.63) is 53.6 Å². The number of rotatable bonds is 4. The quantitative estimate of drug-likeness (QED) is 0.867. The molecule has 0 unspecified atom stereocenters. The fourth-order valence-electron chi connectivity index (χ4n) is 3.15. The molecular formula is C19H27N3O. The smallest absolute Gasteiger partial charge is 0.105 e. The van der Waals surface area contributed by atoms with E-state index < -0.39 is 0 Å². The van der Waals surface area contributed by atoms with Gasteiger partial charge in [0.15, 0.2) is 0 Å². The second-order valence-corrected chi connectivity index (χ2v) is 6.90. The highest BCUT2D eigenvalue weighted by molar-refractivity contribution is 5.18. The van der Waals surface area contributed by atoms with E-state index in [2.05, 4.69) is 71.9 Å². The van der Waals surface area contributed by atoms with E-state index in [9.17, 15) is 0 Å². The Morgan fingerprint density at radius 2 is 1.96 bits per heavy atom. The Balaban J connectivity index is 1.76. The van der Waals surface area contributed by atoms with E-state index in [1.807, 2.05) is 6.92 Å². The first-order valence-electron chi connectivity index (χ1n) is 8.44. The van der Waals surface area contributed by atoms with Crippen LogP contribution in [0.2, 0.25) is 0 Å². The van der Waals surface area contributed by atoms with Crippen molar-refractivity contribution in [2.24, 2.45) is 13.0 Å². The van der Waals surface area contributed by atoms with Crippen molar-refractivity contribution >= 4 is 0 Å². The van der Waals surface area contributed by atoms with Crippen molar-refractivity contribution in [2.45, 2.75) is 39.5 Å². The number of morpholine rings is 1. The van der Waals surface area contributed by atoms with Gasteiger partial charge < -0.3 is 9.30 Å². The summed E-state index contributed by atoms with van der Waals surface area (Å²) >= 11 is 0. The Kier molecular flexibility index (Phi) is 4.83. The first-order chi connectivity index (χ1) is 11.0. The number of hydrogen-bond donors (Lipinski definition) is 0. The molecule has 1 aliphatic rings. The summed E-state index contributed by atoms with van der Waals surface area (Å²) in [4.78, 5) is 7.13. The molecule has 1 saturated heterocycles. The largest absolute Gasteiger partial charge is 0.367 e. The molecule has 2 aromatic rings. The molecule has 23 heavy (non-hydrogen) atoms. The highest BCUT2D eigenvalue weighted by Gasteiger charge is 2.30. The van der Waals surface area contributed by atoms with Crippen LogP contribution in [0.25, 0.3) is 0 Å². The Labute approximate surface area is 139 Å². The van der Waals surface area contributed by atoms with Gasteiger partial charge in [0, 0.05) is 32.9 Å². The van der Waals surface area contributed by atoms with Crippen LogP contribution in [0, 0.1) is 12.8 Å². The lowest BCUT2D eigenvalue weighted by Gasteiger charge is -2.39. The van der Waals surface area contributed by atoms with E-state index >= 15 is 0 Å². The van der Waals surface area contributed by atoms with Gasteiger partial charge in [0.2, 0.25) is 0 Å². The predicted octanol–water partition coefficient (Wildman–Crippen LogP) is 3.33. The van der Waals surface area contributed by atoms with Gasteiger partial charge >= 0.3 is 0 Å². The maximum Gasteiger partial charge on any atom is 0.105 e. The second kappa shape index (κ2) is 6.85. The minimum absolute atomic E-state index is 0.141. The molecule has 0 aliphatic carbocycles. The van der Waals surface area contributed by atoms with E-state index in [1.165, 1.54) is 5.56 Å². The Morgan fingerprint density at radius 1 is 1.22 bits per heavy atom. The topological polar surface area (TPSA) is 30.3 Å². The van der Waals surface area contributed by atoms with E-state index in [-0.39, 0.29) is 12.2 Å². The van der Waals surface area contributed by atoms with E-state index in [1.54, 1.807) is 0 Å². The van der Waals surface area contributed by atoms with Gasteiger partial charge in [-0.3, -0.25) is 4.90 Å². The summed E-state index contributed by atoms with van der Waals surface area (Å²) in [6.07, 6.45) is 2.54. The fraction of sp³-hybridized carbons (Fsp3) is 0.526. The molecule has 1 aliphatic heterocycles. The molecule has 2 atom stereocenters. The van der Waals surface area contributed by atoms with Crippen molar-refractivity contribution in [2.75, 3.05) is 13.1 Å². The lowest BCUT2D eigenvalue weighted by molar-refractivity contribution is -0.108. The van der Waals surface area contributed by atoms with Crippen LogP contribution in [0.4, 0.5) is 0 Å². The van der Waals surface area contributed by atoms with Crippen LogP contribution in [-0.4, -0.2) is 33.6 Å². The summed E-state index contributed by atoms with van der Waals surface area (Å²) in [5, 5.41) is 0. The summed E-state index contributed by atoms with van der Waals surface area (Å²) in [7, 11) is 2.05. The van der Waals surface area contributed by atoms with Gasteiger partial charge in [-0.25, -0.2) is 4.98 Å². The number of benzene rings is 1. The number of imidazole rings is 1. The molecule has 0 amide bonds. The molecule has 1 aromatic carbocycles. The van der Waals surface area contributed by atoms with Gasteiger partial charge in [0.25, 0.3) is 0 Å². The molecular weight excluding hydrogens is 286 g/mol. The standard InChI is InChI=1S/C19H27N3O/c1-14(2)18-12-22(11-17-10-21(4)15(3)20-17)13-19(23-18)16-8-6-5-7-9-16/h5-10,14,18-19H,11-13H2,1-4H3/t18-,19+/m1/s1. The lowest BCUT2D eigenvalue weighted by atomic mass is 10.0. The predicted molar refractivity (Wildman–Crippen MR) is 92.1 cm³/mol. The van der Waals surface area contributed by atoms with Crippen LogP contribution >= 0.6 is 0 Å². The minimum atomic E-state index is 0.141. The number of aromatic nitrogens is 2. The highest BCUT2D eigenvalue weighted by Crippen LogP contribution is 2.28. The van der Waals surface area contributed by atoms with Crippen LogP contribution in [-0.2, 0) is 18.3 Å². The maximum absolute atomic E-state index is 6.36. The van der Waals surface area contributed by atoms with Crippen molar-refractivity contribution in [3.8, 4) is 0 Å². The molecule has 0 N–H and O–H groups in total. The third kappa shape index (κ3) is 3.82. The van der Waals surface area contributed by atoms with Crippen molar-refractivity contribution in [1.82, 2.24) is 14.5 Å². The van der Waals surface area contributed by atoms with Gasteiger partial charge in [-0.2, -0.15) is 0 Å². The van der Waals surface area contributed by atoms with E-state index in [4.69, 9.17) is 4.74 Å². The van der Waals surface area contributed by atoms with Crippen molar-refractivity contribution < 1.29 is 4.74 Å². The summed E-state index contributed by atoms with van der Waals surface area (Å²) in [6.45, 7) is 9.30. The summed E-state index contributed by atoms with van der Waals surface area (Å²) in [5.74, 6) is 1.57. The van der Waals surface area contributed by atoms with Crippen molar-refractivity contribution in [3.63, 3.8) is 0 Å². The Morgan fingerprint density at radius 3 is 2.57 bits per heavy atom. The Bertz CT molecular complexity index is 616. The molecule has 3 rings (SSSR count). The zero-order chi connectivity index (χ0) is 16.4. The van der Waals surface area contributed by atoms with Gasteiger partial charge in [-0.15, -0.1) is 0 Å². The third-order valence-corrected chi connectivity index (χ3v) is 4.66. The van der Waals surface area contributed by atoms with Crippen LogP contribution < -0.4 is 0 Å². The molecule has 0 spiro atoms. The molecule has 0 radical (unpaired) electrons. The van der Waals surface area contributed by atoms with Gasteiger partial charge in [-0.05, 0) is 18.4 Å². The molecule has 0 bridgehead atoms. The first-order valence-corrected chi connectivity index (χ1v) is 8.44. The summed E-state index contributed by atoms with van der Waals surface area (Å²) < 4.78 is 8.45. The average molecular weight is 313 g/mol. The van der Waals surface area contributed by atoms with Crippen LogP contribution in [0.15, 0.2) is 36.5 Å². The van der Waals surface area contributed by atoms with E-state index in [0.717, 1.165) is 31.2 Å². The highest BCUT2D eigenvalue weighted by atomic mass is 16.5. The zero-order valence-electron chi connectivity index (χ0n) is 14.6. The van der Waals surface area contributed by atoms with Gasteiger partial charge in [0.1, 0.15) is 5.82 Å². The molecule has 2 heterocycles. The van der Waals surface area contributed by atoms with Crippen LogP contribution in [0.5, 0.6) is 0 Å². The fourth-order valence-corrected chi connectivity index (χ4v) is 3.15. The van der Waals surface area contributed by atoms with Gasteiger partial charge in [0.05, 0.1) is 17.9 Å². The number of hydrogen-bond acceptors (Lipinski definition) is 3. The zero-order valence-corrected chi connectivity index (χ0v) is 14.6. The minimum Gasteiger partial charge on any atom is -0.367 e.